The average Bonchev–Trinajstić information content (AvgIpc) is 2.53. The maximum Gasteiger partial charge on any atom is 0.156 e. The number of aryl methyl sites for hydroxylation is 2. The van der Waals surface area contributed by atoms with Crippen LogP contribution in [0.5, 0.6) is 0 Å². The minimum absolute atomic E-state index is 0.0441. The van der Waals surface area contributed by atoms with Crippen molar-refractivity contribution in [2.75, 3.05) is 11.9 Å². The molecule has 1 N–H and O–H groups in total. The number of nitrogens with zero attached hydrogens (tertiary/aromatic N) is 1. The molecule has 0 spiro atoms. The van der Waals surface area contributed by atoms with Crippen LogP contribution < -0.4 is 5.32 Å². The van der Waals surface area contributed by atoms with E-state index in [1.165, 1.54) is 0 Å². The summed E-state index contributed by atoms with van der Waals surface area (Å²) < 4.78 is 0. The molecule has 0 aliphatic rings. The zero-order chi connectivity index (χ0) is 18.0. The van der Waals surface area contributed by atoms with Gasteiger partial charge in [0.05, 0.1) is 12.1 Å². The molecule has 0 aliphatic carbocycles. The number of carbonyl (C=O) groups is 1. The molecule has 3 rings (SSSR count). The highest BCUT2D eigenvalue weighted by Gasteiger charge is 2.08. The largest absolute Gasteiger partial charge is 0.363 e. The first kappa shape index (κ1) is 17.7. The Bertz CT molecular complexity index is 934. The highest BCUT2D eigenvalue weighted by Crippen LogP contribution is 2.23. The fourth-order valence-electron chi connectivity index (χ4n) is 2.84. The number of hydrogen-bond donors (Lipinski definition) is 1. The van der Waals surface area contributed by atoms with Crippen molar-refractivity contribution >= 4 is 45.7 Å². The van der Waals surface area contributed by atoms with Crippen LogP contribution >= 0.6 is 23.2 Å². The fraction of sp³-hybridized carbons (Fsp3) is 0.200. The van der Waals surface area contributed by atoms with Crippen LogP contribution in [0.2, 0.25) is 10.0 Å². The van der Waals surface area contributed by atoms with Gasteiger partial charge in [0, 0.05) is 21.9 Å². The van der Waals surface area contributed by atoms with Crippen molar-refractivity contribution in [3.05, 3.63) is 69.2 Å². The lowest BCUT2D eigenvalue weighted by Gasteiger charge is -2.10. The SMILES string of the molecule is Cc1cc(NCC(=O)Cc2cc(Cl)cc(Cl)c2)nc2c(C)cccc12. The minimum atomic E-state index is 0.0441. The molecular weight excluding hydrogens is 355 g/mol. The van der Waals surface area contributed by atoms with Crippen LogP contribution in [-0.2, 0) is 11.2 Å². The molecule has 0 unspecified atom stereocenters. The molecular formula is C20H18Cl2N2O. The Morgan fingerprint density at radius 3 is 2.48 bits per heavy atom. The number of benzene rings is 2. The van der Waals surface area contributed by atoms with E-state index in [-0.39, 0.29) is 18.7 Å². The number of hydrogen-bond acceptors (Lipinski definition) is 3. The molecule has 0 amide bonds. The number of ketones is 1. The quantitative estimate of drug-likeness (QED) is 0.653. The van der Waals surface area contributed by atoms with Gasteiger partial charge < -0.3 is 5.32 Å². The van der Waals surface area contributed by atoms with Gasteiger partial charge in [-0.1, -0.05) is 41.4 Å². The molecule has 25 heavy (non-hydrogen) atoms. The van der Waals surface area contributed by atoms with E-state index in [9.17, 15) is 4.79 Å². The summed E-state index contributed by atoms with van der Waals surface area (Å²) in [6.45, 7) is 4.28. The molecule has 0 fully saturated rings. The van der Waals surface area contributed by atoms with Crippen LogP contribution in [-0.4, -0.2) is 17.3 Å². The van der Waals surface area contributed by atoms with E-state index in [1.54, 1.807) is 18.2 Å². The third kappa shape index (κ3) is 4.30. The van der Waals surface area contributed by atoms with E-state index >= 15 is 0 Å². The van der Waals surface area contributed by atoms with Crippen LogP contribution in [0, 0.1) is 13.8 Å². The lowest BCUT2D eigenvalue weighted by molar-refractivity contribution is -0.116. The highest BCUT2D eigenvalue weighted by atomic mass is 35.5. The first-order valence-electron chi connectivity index (χ1n) is 8.00. The van der Waals surface area contributed by atoms with Crippen LogP contribution in [0.1, 0.15) is 16.7 Å². The molecule has 1 aromatic heterocycles. The van der Waals surface area contributed by atoms with Gasteiger partial charge in [-0.2, -0.15) is 0 Å². The number of halogens is 2. The number of carbonyl (C=O) groups excluding carboxylic acids is 1. The summed E-state index contributed by atoms with van der Waals surface area (Å²) in [6.07, 6.45) is 0.277. The van der Waals surface area contributed by atoms with Crippen molar-refractivity contribution in [1.29, 1.82) is 0 Å². The Morgan fingerprint density at radius 1 is 1.04 bits per heavy atom. The van der Waals surface area contributed by atoms with Crippen molar-refractivity contribution in [2.24, 2.45) is 0 Å². The lowest BCUT2D eigenvalue weighted by Crippen LogP contribution is -2.16. The van der Waals surface area contributed by atoms with E-state index < -0.39 is 0 Å². The normalized spacial score (nSPS) is 10.9. The summed E-state index contributed by atoms with van der Waals surface area (Å²) in [5.74, 6) is 0.749. The number of rotatable bonds is 5. The minimum Gasteiger partial charge on any atom is -0.363 e. The molecule has 0 bridgehead atoms. The molecule has 3 aromatic rings. The topological polar surface area (TPSA) is 42.0 Å². The van der Waals surface area contributed by atoms with Gasteiger partial charge in [-0.25, -0.2) is 4.98 Å². The number of nitrogens with one attached hydrogen (secondary N) is 1. The smallest absolute Gasteiger partial charge is 0.156 e. The maximum atomic E-state index is 12.2. The zero-order valence-corrected chi connectivity index (χ0v) is 15.6. The van der Waals surface area contributed by atoms with Gasteiger partial charge in [-0.3, -0.25) is 4.79 Å². The third-order valence-electron chi connectivity index (χ3n) is 4.04. The van der Waals surface area contributed by atoms with Gasteiger partial charge in [0.2, 0.25) is 0 Å². The lowest BCUT2D eigenvalue weighted by atomic mass is 10.1. The summed E-state index contributed by atoms with van der Waals surface area (Å²) >= 11 is 11.9. The summed E-state index contributed by atoms with van der Waals surface area (Å²) in [5.41, 5.74) is 4.01. The van der Waals surface area contributed by atoms with Crippen LogP contribution in [0.4, 0.5) is 5.82 Å². The van der Waals surface area contributed by atoms with Crippen LogP contribution in [0.3, 0.4) is 0 Å². The molecule has 0 saturated carbocycles. The second kappa shape index (κ2) is 7.42. The number of aromatic nitrogens is 1. The molecule has 0 radical (unpaired) electrons. The zero-order valence-electron chi connectivity index (χ0n) is 14.1. The monoisotopic (exact) mass is 372 g/mol. The van der Waals surface area contributed by atoms with E-state index in [0.717, 1.165) is 27.6 Å². The van der Waals surface area contributed by atoms with Gasteiger partial charge >= 0.3 is 0 Å². The molecule has 1 heterocycles. The average molecular weight is 373 g/mol. The number of fused-ring (bicyclic) bond motifs is 1. The molecule has 128 valence electrons. The Hall–Kier alpha value is -2.10. The van der Waals surface area contributed by atoms with Crippen LogP contribution in [0.25, 0.3) is 10.9 Å². The second-order valence-electron chi connectivity index (χ2n) is 6.14. The Balaban J connectivity index is 1.72. The van der Waals surface area contributed by atoms with Gasteiger partial charge in [0.25, 0.3) is 0 Å². The molecule has 2 aromatic carbocycles. The summed E-state index contributed by atoms with van der Waals surface area (Å²) in [6, 6.07) is 13.2. The Kier molecular flexibility index (Phi) is 5.26. The third-order valence-corrected chi connectivity index (χ3v) is 4.47. The van der Waals surface area contributed by atoms with Gasteiger partial charge in [0.15, 0.2) is 5.78 Å². The summed E-state index contributed by atoms with van der Waals surface area (Å²) in [5, 5.41) is 5.32. The standard InChI is InChI=1S/C20H18Cl2N2O/c1-12-4-3-5-18-13(2)6-19(24-20(12)18)23-11-17(25)9-14-7-15(21)10-16(22)8-14/h3-8,10H,9,11H2,1-2H3,(H,23,24). The maximum absolute atomic E-state index is 12.2. The molecule has 0 atom stereocenters. The number of anilines is 1. The van der Waals surface area contributed by atoms with E-state index in [2.05, 4.69) is 16.4 Å². The van der Waals surface area contributed by atoms with Crippen molar-refractivity contribution in [2.45, 2.75) is 20.3 Å². The molecule has 0 aliphatic heterocycles. The van der Waals surface area contributed by atoms with Crippen LogP contribution in [0.15, 0.2) is 42.5 Å². The molecule has 0 saturated heterocycles. The van der Waals surface area contributed by atoms with Crippen molar-refractivity contribution in [3.63, 3.8) is 0 Å². The van der Waals surface area contributed by atoms with Gasteiger partial charge in [-0.05, 0) is 54.8 Å². The predicted molar refractivity (Wildman–Crippen MR) is 105 cm³/mol. The van der Waals surface area contributed by atoms with Crippen molar-refractivity contribution < 1.29 is 4.79 Å². The summed E-state index contributed by atoms with van der Waals surface area (Å²) in [4.78, 5) is 16.9. The van der Waals surface area contributed by atoms with Crippen molar-refractivity contribution in [3.8, 4) is 0 Å². The Morgan fingerprint density at radius 2 is 1.76 bits per heavy atom. The number of para-hydroxylation sites is 1. The summed E-state index contributed by atoms with van der Waals surface area (Å²) in [7, 11) is 0. The molecule has 5 heteroatoms. The molecule has 3 nitrogen and oxygen atoms in total. The van der Waals surface area contributed by atoms with Gasteiger partial charge in [-0.15, -0.1) is 0 Å². The highest BCUT2D eigenvalue weighted by molar-refractivity contribution is 6.34. The fourth-order valence-corrected chi connectivity index (χ4v) is 3.42. The number of Topliss-reactive ketones (excluding diaryl/α,β-unsaturated/α-hetero) is 1. The van der Waals surface area contributed by atoms with E-state index in [1.807, 2.05) is 32.0 Å². The predicted octanol–water partition coefficient (Wildman–Crippen LogP) is 5.38. The second-order valence-corrected chi connectivity index (χ2v) is 7.02. The first-order chi connectivity index (χ1) is 11.9. The first-order valence-corrected chi connectivity index (χ1v) is 8.75. The van der Waals surface area contributed by atoms with E-state index in [0.29, 0.717) is 15.9 Å². The Labute approximate surface area is 157 Å². The van der Waals surface area contributed by atoms with Crippen molar-refractivity contribution in [1.82, 2.24) is 4.98 Å². The van der Waals surface area contributed by atoms with Gasteiger partial charge in [0.1, 0.15) is 5.82 Å². The van der Waals surface area contributed by atoms with E-state index in [4.69, 9.17) is 23.2 Å². The number of pyridine rings is 1.